The summed E-state index contributed by atoms with van der Waals surface area (Å²) >= 11 is -0.826. The average Bonchev–Trinajstić information content (AvgIpc) is 1.93. The Labute approximate surface area is 72.4 Å². The van der Waals surface area contributed by atoms with Gasteiger partial charge in [0.2, 0.25) is 26.4 Å². The number of rotatable bonds is 0. The summed E-state index contributed by atoms with van der Waals surface area (Å²) in [6.45, 7) is 3.83. The van der Waals surface area contributed by atoms with Gasteiger partial charge in [0, 0.05) is 0 Å². The Kier molecular flexibility index (Phi) is 10.6. The van der Waals surface area contributed by atoms with E-state index in [0.717, 1.165) is 26.4 Å². The summed E-state index contributed by atoms with van der Waals surface area (Å²) in [6, 6.07) is 0. The first kappa shape index (κ1) is 10.3. The van der Waals surface area contributed by atoms with Crippen molar-refractivity contribution in [2.45, 2.75) is 0 Å². The topological polar surface area (TPSA) is 25.6 Å². The van der Waals surface area contributed by atoms with Crippen LogP contribution in [0.15, 0.2) is 0 Å². The van der Waals surface area contributed by atoms with Gasteiger partial charge in [0.1, 0.15) is 0 Å². The first-order valence-corrected chi connectivity index (χ1v) is 9.87. The molecule has 9 heavy (non-hydrogen) atoms. The second kappa shape index (κ2) is 9.30. The molecule has 54 valence electrons. The van der Waals surface area contributed by atoms with Crippen molar-refractivity contribution in [3.8, 4) is 0 Å². The minimum absolute atomic E-state index is 0.826. The van der Waals surface area contributed by atoms with Crippen molar-refractivity contribution in [1.29, 1.82) is 0 Å². The molecule has 0 bridgehead atoms. The molecule has 0 atom stereocenters. The number of hydrogen-bond donors (Lipinski definition) is 0. The van der Waals surface area contributed by atoms with Gasteiger partial charge in [-0.2, -0.15) is 0 Å². The number of hydrogen-bond acceptors (Lipinski definition) is 0. The van der Waals surface area contributed by atoms with Gasteiger partial charge < -0.3 is 9.47 Å². The second-order valence-electron chi connectivity index (χ2n) is 1.41. The number of ether oxygens (including phenoxy) is 2. The van der Waals surface area contributed by atoms with Crippen molar-refractivity contribution in [1.82, 2.24) is 0 Å². The molecule has 1 heterocycles. The predicted octanol–water partition coefficient (Wildman–Crippen LogP) is 0.0542. The van der Waals surface area contributed by atoms with Gasteiger partial charge in [-0.25, -0.2) is 0 Å². The summed E-state index contributed by atoms with van der Waals surface area (Å²) in [4.78, 5) is 0. The van der Waals surface area contributed by atoms with Gasteiger partial charge in [-0.15, -0.1) is 0 Å². The molecule has 2 radical (unpaired) electrons. The number of aliphatic hydroxyl groups is 4. The quantitative estimate of drug-likeness (QED) is 0.443. The molecule has 0 unspecified atom stereocenters. The molecule has 0 amide bonds. The van der Waals surface area contributed by atoms with Crippen LogP contribution in [-0.2, 0) is 0 Å². The third-order valence-corrected chi connectivity index (χ3v) is 0.832. The third kappa shape index (κ3) is 9.30. The third-order valence-electron chi connectivity index (χ3n) is 0.832. The standard InChI is InChI=1S/C4H8O2.2ClH.Sn/c1-2-6-4-3-5-1;;;/h1-4H2;2*1H;/q;;;+2. The van der Waals surface area contributed by atoms with Crippen LogP contribution >= 0.6 is 17.8 Å². The van der Waals surface area contributed by atoms with E-state index in [1.54, 1.807) is 0 Å². The van der Waals surface area contributed by atoms with Crippen LogP contribution in [0.1, 0.15) is 0 Å². The second-order valence-corrected chi connectivity index (χ2v) is 5.65. The van der Waals surface area contributed by atoms with E-state index < -0.39 is 18.9 Å². The molecule has 1 rings (SSSR count). The van der Waals surface area contributed by atoms with E-state index in [0.29, 0.717) is 0 Å². The van der Waals surface area contributed by atoms with E-state index in [1.807, 2.05) is 0 Å². The summed E-state index contributed by atoms with van der Waals surface area (Å²) in [6.07, 6.45) is 0. The number of halogens is 2. The van der Waals surface area contributed by atoms with E-state index >= 15 is 0 Å². The summed E-state index contributed by atoms with van der Waals surface area (Å²) in [5, 5.41) is 0. The SMILES string of the molecule is C1C[OH+]CC[OH+]1.[Cl][Sn][Cl]. The maximum absolute atomic E-state index is 4.93. The van der Waals surface area contributed by atoms with E-state index in [9.17, 15) is 0 Å². The fourth-order valence-corrected chi connectivity index (χ4v) is 0.506. The molecule has 0 aliphatic carbocycles. The van der Waals surface area contributed by atoms with Crippen molar-refractivity contribution in [2.24, 2.45) is 0 Å². The molecular formula is C4H10Cl2O2Sn+2. The first-order valence-electron chi connectivity index (χ1n) is 2.64. The van der Waals surface area contributed by atoms with Gasteiger partial charge >= 0.3 is 36.7 Å². The van der Waals surface area contributed by atoms with Gasteiger partial charge in [-0.1, -0.05) is 0 Å². The minimum atomic E-state index is -0.826. The summed E-state index contributed by atoms with van der Waals surface area (Å²) in [7, 11) is 9.87. The Morgan fingerprint density at radius 1 is 0.889 bits per heavy atom. The van der Waals surface area contributed by atoms with Crippen molar-refractivity contribution < 1.29 is 9.47 Å². The van der Waals surface area contributed by atoms with Gasteiger partial charge in [-0.3, -0.25) is 0 Å². The molecule has 1 aliphatic heterocycles. The Morgan fingerprint density at radius 3 is 1.22 bits per heavy atom. The van der Waals surface area contributed by atoms with Gasteiger partial charge in [0.25, 0.3) is 0 Å². The molecule has 0 saturated carbocycles. The molecule has 1 fully saturated rings. The zero-order chi connectivity index (χ0) is 6.95. The van der Waals surface area contributed by atoms with Crippen LogP contribution in [0.25, 0.3) is 0 Å². The van der Waals surface area contributed by atoms with Crippen LogP contribution in [0.4, 0.5) is 0 Å². The summed E-state index contributed by atoms with van der Waals surface area (Å²) in [5.74, 6) is 0. The van der Waals surface area contributed by atoms with Crippen LogP contribution < -0.4 is 0 Å². The zero-order valence-electron chi connectivity index (χ0n) is 4.98. The molecule has 1 saturated heterocycles. The molecule has 0 aromatic heterocycles. The van der Waals surface area contributed by atoms with E-state index in [1.165, 1.54) is 0 Å². The van der Waals surface area contributed by atoms with Crippen molar-refractivity contribution >= 4 is 36.7 Å². The van der Waals surface area contributed by atoms with Gasteiger partial charge in [0.05, 0.1) is 0 Å². The Bertz CT molecular complexity index is 40.3. The molecule has 0 aromatic rings. The van der Waals surface area contributed by atoms with E-state index in [4.69, 9.17) is 17.8 Å². The monoisotopic (exact) mass is 280 g/mol. The fraction of sp³-hybridized carbons (Fsp3) is 1.00. The maximum atomic E-state index is 4.93. The normalized spacial score (nSPS) is 18.0. The molecule has 2 N–H and O–H groups in total. The molecular weight excluding hydrogens is 270 g/mol. The van der Waals surface area contributed by atoms with Crippen LogP contribution in [0.5, 0.6) is 0 Å². The Morgan fingerprint density at radius 2 is 1.11 bits per heavy atom. The van der Waals surface area contributed by atoms with E-state index in [-0.39, 0.29) is 0 Å². The van der Waals surface area contributed by atoms with Crippen LogP contribution in [-0.4, -0.2) is 54.8 Å². The fourth-order valence-electron chi connectivity index (χ4n) is 0.506. The molecule has 0 aromatic carbocycles. The molecule has 5 heteroatoms. The van der Waals surface area contributed by atoms with Crippen LogP contribution in [0.3, 0.4) is 0 Å². The predicted molar refractivity (Wildman–Crippen MR) is 41.4 cm³/mol. The van der Waals surface area contributed by atoms with Crippen molar-refractivity contribution in [3.05, 3.63) is 0 Å². The summed E-state index contributed by atoms with van der Waals surface area (Å²) < 4.78 is 8.17. The Balaban J connectivity index is 0.000000187. The van der Waals surface area contributed by atoms with Crippen LogP contribution in [0, 0.1) is 0 Å². The Hall–Kier alpha value is 1.30. The molecule has 0 spiro atoms. The van der Waals surface area contributed by atoms with Crippen molar-refractivity contribution in [3.63, 3.8) is 0 Å². The molecule has 2 nitrogen and oxygen atoms in total. The zero-order valence-corrected chi connectivity index (χ0v) is 9.34. The first-order chi connectivity index (χ1) is 4.41. The van der Waals surface area contributed by atoms with Gasteiger partial charge in [0.15, 0.2) is 0 Å². The van der Waals surface area contributed by atoms with Crippen LogP contribution in [0.2, 0.25) is 0 Å². The van der Waals surface area contributed by atoms with Crippen molar-refractivity contribution in [2.75, 3.05) is 26.4 Å². The average molecular weight is 280 g/mol. The van der Waals surface area contributed by atoms with E-state index in [2.05, 4.69) is 9.47 Å². The van der Waals surface area contributed by atoms with Gasteiger partial charge in [-0.05, 0) is 0 Å². The molecule has 1 aliphatic rings. The summed E-state index contributed by atoms with van der Waals surface area (Å²) in [5.41, 5.74) is 0.